The molecule has 3 aromatic rings. The molecule has 1 aliphatic rings. The van der Waals surface area contributed by atoms with E-state index in [9.17, 15) is 17.6 Å². The molecular formula is C35H42F4O. The topological polar surface area (TPSA) is 9.23 Å². The van der Waals surface area contributed by atoms with Gasteiger partial charge in [0.2, 0.25) is 5.82 Å². The Morgan fingerprint density at radius 3 is 2.12 bits per heavy atom. The molecule has 0 heterocycles. The summed E-state index contributed by atoms with van der Waals surface area (Å²) >= 11 is 0. The van der Waals surface area contributed by atoms with E-state index >= 15 is 0 Å². The quantitative estimate of drug-likeness (QED) is 0.151. The Morgan fingerprint density at radius 2 is 1.40 bits per heavy atom. The Labute approximate surface area is 237 Å². The number of benzene rings is 3. The van der Waals surface area contributed by atoms with Gasteiger partial charge in [-0.25, -0.2) is 13.2 Å². The molecule has 1 fully saturated rings. The summed E-state index contributed by atoms with van der Waals surface area (Å²) in [7, 11) is 0. The van der Waals surface area contributed by atoms with Crippen molar-refractivity contribution >= 4 is 0 Å². The highest BCUT2D eigenvalue weighted by Gasteiger charge is 2.27. The van der Waals surface area contributed by atoms with Gasteiger partial charge in [-0.3, -0.25) is 0 Å². The second-order valence-electron chi connectivity index (χ2n) is 11.4. The molecule has 0 amide bonds. The van der Waals surface area contributed by atoms with Gasteiger partial charge in [0.25, 0.3) is 0 Å². The third kappa shape index (κ3) is 7.67. The van der Waals surface area contributed by atoms with Crippen molar-refractivity contribution in [2.75, 3.05) is 6.61 Å². The van der Waals surface area contributed by atoms with Crippen molar-refractivity contribution in [3.05, 3.63) is 88.5 Å². The average molecular weight is 555 g/mol. The minimum atomic E-state index is -0.891. The van der Waals surface area contributed by atoms with Crippen LogP contribution in [0.15, 0.2) is 48.5 Å². The van der Waals surface area contributed by atoms with E-state index in [0.717, 1.165) is 56.9 Å². The van der Waals surface area contributed by atoms with Crippen LogP contribution in [0.3, 0.4) is 0 Å². The van der Waals surface area contributed by atoms with Crippen LogP contribution in [0.2, 0.25) is 0 Å². The lowest BCUT2D eigenvalue weighted by atomic mass is 9.76. The van der Waals surface area contributed by atoms with E-state index < -0.39 is 23.3 Å². The smallest absolute Gasteiger partial charge is 0.200 e. The highest BCUT2D eigenvalue weighted by Crippen LogP contribution is 2.40. The average Bonchev–Trinajstić information content (AvgIpc) is 2.96. The summed E-state index contributed by atoms with van der Waals surface area (Å²) in [6.07, 6.45) is 11.1. The van der Waals surface area contributed by atoms with Crippen molar-refractivity contribution in [2.45, 2.75) is 96.8 Å². The van der Waals surface area contributed by atoms with Crippen LogP contribution in [0.1, 0.15) is 100 Å². The molecule has 0 atom stereocenters. The molecule has 0 radical (unpaired) electrons. The van der Waals surface area contributed by atoms with Gasteiger partial charge in [0.05, 0.1) is 6.61 Å². The molecule has 40 heavy (non-hydrogen) atoms. The molecule has 0 bridgehead atoms. The molecule has 4 rings (SSSR count). The second kappa shape index (κ2) is 14.7. The van der Waals surface area contributed by atoms with E-state index in [4.69, 9.17) is 4.74 Å². The minimum absolute atomic E-state index is 0.00819. The van der Waals surface area contributed by atoms with E-state index in [1.165, 1.54) is 19.3 Å². The molecule has 0 N–H and O–H groups in total. The number of rotatable bonds is 13. The van der Waals surface area contributed by atoms with Crippen LogP contribution >= 0.6 is 0 Å². The third-order valence-corrected chi connectivity index (χ3v) is 8.47. The number of ether oxygens (including phenoxy) is 1. The van der Waals surface area contributed by atoms with Gasteiger partial charge in [-0.2, -0.15) is 4.39 Å². The van der Waals surface area contributed by atoms with Gasteiger partial charge in [0, 0.05) is 5.56 Å². The standard InChI is InChI=1S/C35H42F4O/c1-3-4-5-6-7-8-23-40-31-22-21-30(34(38)35(31)39)27-16-11-25(12-17-27)13-18-28-19-20-29(33(37)32(28)36)26-14-9-24(2)10-15-26/h9-10,14-15,19-22,25,27H,3-8,11-13,16-18,23H2,1-2H3. The molecule has 0 saturated heterocycles. The van der Waals surface area contributed by atoms with Gasteiger partial charge in [0.1, 0.15) is 0 Å². The maximum Gasteiger partial charge on any atom is 0.200 e. The van der Waals surface area contributed by atoms with E-state index in [-0.39, 0.29) is 17.2 Å². The normalized spacial score (nSPS) is 17.2. The number of hydrogen-bond donors (Lipinski definition) is 0. The molecule has 0 aliphatic heterocycles. The molecule has 1 saturated carbocycles. The zero-order chi connectivity index (χ0) is 28.5. The van der Waals surface area contributed by atoms with Crippen molar-refractivity contribution < 1.29 is 22.3 Å². The number of hydrogen-bond acceptors (Lipinski definition) is 1. The SMILES string of the molecule is CCCCCCCCOc1ccc(C2CCC(CCc3ccc(-c4ccc(C)cc4)c(F)c3F)CC2)c(F)c1F. The van der Waals surface area contributed by atoms with Crippen LogP contribution in [0.25, 0.3) is 11.1 Å². The molecule has 216 valence electrons. The summed E-state index contributed by atoms with van der Waals surface area (Å²) in [5, 5.41) is 0. The maximum atomic E-state index is 15.0. The van der Waals surface area contributed by atoms with Gasteiger partial charge in [0.15, 0.2) is 23.2 Å². The molecule has 5 heteroatoms. The Kier molecular flexibility index (Phi) is 11.1. The second-order valence-corrected chi connectivity index (χ2v) is 11.4. The lowest BCUT2D eigenvalue weighted by Crippen LogP contribution is -2.16. The van der Waals surface area contributed by atoms with Crippen molar-refractivity contribution in [2.24, 2.45) is 5.92 Å². The summed E-state index contributed by atoms with van der Waals surface area (Å²) in [4.78, 5) is 0. The van der Waals surface area contributed by atoms with Crippen LogP contribution < -0.4 is 4.74 Å². The molecular weight excluding hydrogens is 512 g/mol. The first-order valence-electron chi connectivity index (χ1n) is 15.0. The largest absolute Gasteiger partial charge is 0.490 e. The minimum Gasteiger partial charge on any atom is -0.490 e. The Hall–Kier alpha value is -2.82. The number of aryl methyl sites for hydroxylation is 2. The Bertz CT molecular complexity index is 1230. The first-order valence-corrected chi connectivity index (χ1v) is 15.0. The predicted molar refractivity (Wildman–Crippen MR) is 155 cm³/mol. The zero-order valence-electron chi connectivity index (χ0n) is 23.9. The molecule has 3 aromatic carbocycles. The van der Waals surface area contributed by atoms with E-state index in [1.807, 2.05) is 19.1 Å². The fraction of sp³-hybridized carbons (Fsp3) is 0.486. The lowest BCUT2D eigenvalue weighted by molar-refractivity contribution is 0.280. The molecule has 0 spiro atoms. The van der Waals surface area contributed by atoms with Crippen LogP contribution in [-0.2, 0) is 6.42 Å². The number of unbranched alkanes of at least 4 members (excludes halogenated alkanes) is 5. The van der Waals surface area contributed by atoms with Gasteiger partial charge in [-0.15, -0.1) is 0 Å². The van der Waals surface area contributed by atoms with Crippen molar-refractivity contribution in [1.29, 1.82) is 0 Å². The molecule has 1 aliphatic carbocycles. The zero-order valence-corrected chi connectivity index (χ0v) is 23.9. The van der Waals surface area contributed by atoms with Crippen LogP contribution in [-0.4, -0.2) is 6.61 Å². The van der Waals surface area contributed by atoms with Gasteiger partial charge in [-0.1, -0.05) is 87.1 Å². The fourth-order valence-electron chi connectivity index (χ4n) is 5.90. The maximum absolute atomic E-state index is 15.0. The first kappa shape index (κ1) is 30.1. The molecule has 1 nitrogen and oxygen atoms in total. The summed E-state index contributed by atoms with van der Waals surface area (Å²) in [6.45, 7) is 4.52. The van der Waals surface area contributed by atoms with Crippen molar-refractivity contribution in [1.82, 2.24) is 0 Å². The van der Waals surface area contributed by atoms with Gasteiger partial charge >= 0.3 is 0 Å². The van der Waals surface area contributed by atoms with Crippen LogP contribution in [0, 0.1) is 36.1 Å². The summed E-state index contributed by atoms with van der Waals surface area (Å²) in [5.41, 5.74) is 2.80. The van der Waals surface area contributed by atoms with Gasteiger partial charge in [-0.05, 0) is 86.5 Å². The van der Waals surface area contributed by atoms with E-state index in [0.29, 0.717) is 35.6 Å². The number of halogens is 4. The van der Waals surface area contributed by atoms with Crippen molar-refractivity contribution in [3.63, 3.8) is 0 Å². The van der Waals surface area contributed by atoms with Crippen LogP contribution in [0.5, 0.6) is 5.75 Å². The predicted octanol–water partition coefficient (Wildman–Crippen LogP) is 10.9. The summed E-state index contributed by atoms with van der Waals surface area (Å²) in [6, 6.07) is 14.0. The summed E-state index contributed by atoms with van der Waals surface area (Å²) < 4.78 is 65.0. The fourth-order valence-corrected chi connectivity index (χ4v) is 5.90. The summed E-state index contributed by atoms with van der Waals surface area (Å²) in [5.74, 6) is -2.96. The molecule has 0 aromatic heterocycles. The Morgan fingerprint density at radius 1 is 0.700 bits per heavy atom. The highest BCUT2D eigenvalue weighted by molar-refractivity contribution is 5.65. The Balaban J connectivity index is 1.26. The highest BCUT2D eigenvalue weighted by atomic mass is 19.2. The monoisotopic (exact) mass is 554 g/mol. The van der Waals surface area contributed by atoms with Crippen LogP contribution in [0.4, 0.5) is 17.6 Å². The third-order valence-electron chi connectivity index (χ3n) is 8.47. The van der Waals surface area contributed by atoms with Gasteiger partial charge < -0.3 is 4.74 Å². The van der Waals surface area contributed by atoms with E-state index in [1.54, 1.807) is 36.4 Å². The molecule has 0 unspecified atom stereocenters. The first-order chi connectivity index (χ1) is 19.4. The van der Waals surface area contributed by atoms with Crippen molar-refractivity contribution in [3.8, 4) is 16.9 Å². The lowest BCUT2D eigenvalue weighted by Gasteiger charge is -2.29. The van der Waals surface area contributed by atoms with E-state index in [2.05, 4.69) is 6.92 Å².